The van der Waals surface area contributed by atoms with Crippen LogP contribution >= 0.6 is 23.5 Å². The van der Waals surface area contributed by atoms with E-state index in [-0.39, 0.29) is 12.2 Å². The number of esters is 1. The van der Waals surface area contributed by atoms with Crippen LogP contribution in [0.4, 0.5) is 0 Å². The van der Waals surface area contributed by atoms with Crippen molar-refractivity contribution in [3.05, 3.63) is 11.8 Å². The average Bonchev–Trinajstić information content (AvgIpc) is 3.12. The Morgan fingerprint density at radius 1 is 1.24 bits per heavy atom. The fraction of sp³-hybridized carbons (Fsp3) is 0.500. The third-order valence-electron chi connectivity index (χ3n) is 2.47. The van der Waals surface area contributed by atoms with Crippen LogP contribution in [0.25, 0.3) is 0 Å². The van der Waals surface area contributed by atoms with E-state index in [1.807, 2.05) is 0 Å². The molecule has 21 heavy (non-hydrogen) atoms. The fourth-order valence-electron chi connectivity index (χ4n) is 1.56. The molecule has 0 saturated carbocycles. The maximum atomic E-state index is 12.2. The second-order valence-electron chi connectivity index (χ2n) is 3.95. The molecule has 0 bridgehead atoms. The van der Waals surface area contributed by atoms with Gasteiger partial charge >= 0.3 is 5.97 Å². The lowest BCUT2D eigenvalue weighted by Gasteiger charge is -2.08. The summed E-state index contributed by atoms with van der Waals surface area (Å²) in [7, 11) is 0. The summed E-state index contributed by atoms with van der Waals surface area (Å²) in [4.78, 5) is 32.3. The predicted octanol–water partition coefficient (Wildman–Crippen LogP) is 0.345. The number of hydrogen-bond donors (Lipinski definition) is 2. The number of rotatable bonds is 4. The minimum absolute atomic E-state index is 0.0951. The first-order valence-corrected chi connectivity index (χ1v) is 8.47. The number of ether oxygens (including phenoxy) is 1. The molecular weight excluding hydrogens is 312 g/mol. The Morgan fingerprint density at radius 3 is 2.48 bits per heavy atom. The molecule has 0 aromatic carbocycles. The van der Waals surface area contributed by atoms with Gasteiger partial charge in [-0.2, -0.15) is 0 Å². The van der Waals surface area contributed by atoms with Crippen LogP contribution in [0.2, 0.25) is 0 Å². The lowest BCUT2D eigenvalue weighted by atomic mass is 10.2. The van der Waals surface area contributed by atoms with E-state index in [1.54, 1.807) is 6.92 Å². The highest BCUT2D eigenvalue weighted by Crippen LogP contribution is 2.11. The topological polar surface area (TPSA) is 92.1 Å². The molecule has 0 unspecified atom stereocenters. The Bertz CT molecular complexity index is 517. The first kappa shape index (κ1) is 15.9. The molecule has 7 nitrogen and oxygen atoms in total. The minimum Gasteiger partial charge on any atom is -0.462 e. The molecule has 114 valence electrons. The molecule has 2 N–H and O–H groups in total. The van der Waals surface area contributed by atoms with E-state index in [9.17, 15) is 9.59 Å². The van der Waals surface area contributed by atoms with Crippen molar-refractivity contribution >= 4 is 45.7 Å². The van der Waals surface area contributed by atoms with E-state index in [2.05, 4.69) is 20.6 Å². The van der Waals surface area contributed by atoms with Gasteiger partial charge in [0.2, 0.25) is 0 Å². The number of amides is 1. The van der Waals surface area contributed by atoms with Crippen LogP contribution < -0.4 is 10.6 Å². The maximum absolute atomic E-state index is 12.2. The number of carbonyl (C=O) groups is 2. The molecule has 0 aromatic rings. The van der Waals surface area contributed by atoms with E-state index in [0.29, 0.717) is 16.9 Å². The number of nitrogens with zero attached hydrogens (tertiary/aromatic N) is 2. The Hall–Kier alpha value is -1.48. The Labute approximate surface area is 131 Å². The van der Waals surface area contributed by atoms with Crippen LogP contribution in [0.1, 0.15) is 6.92 Å². The monoisotopic (exact) mass is 328 g/mol. The van der Waals surface area contributed by atoms with Gasteiger partial charge in [-0.15, -0.1) is 0 Å². The van der Waals surface area contributed by atoms with Crippen LogP contribution in [0.5, 0.6) is 0 Å². The number of hydrogen-bond acceptors (Lipinski definition) is 8. The lowest BCUT2D eigenvalue weighted by molar-refractivity contribution is -0.140. The number of amidine groups is 2. The average molecular weight is 328 g/mol. The maximum Gasteiger partial charge on any atom is 0.345 e. The van der Waals surface area contributed by atoms with Crippen LogP contribution in [-0.4, -0.2) is 53.4 Å². The fourth-order valence-corrected chi connectivity index (χ4v) is 2.98. The first-order valence-electron chi connectivity index (χ1n) is 6.50. The van der Waals surface area contributed by atoms with E-state index in [4.69, 9.17) is 4.74 Å². The summed E-state index contributed by atoms with van der Waals surface area (Å²) in [6.07, 6.45) is 1.34. The highest BCUT2D eigenvalue weighted by atomic mass is 32.2. The molecule has 0 aromatic heterocycles. The van der Waals surface area contributed by atoms with Gasteiger partial charge in [0.25, 0.3) is 5.91 Å². The minimum atomic E-state index is -0.672. The van der Waals surface area contributed by atoms with Gasteiger partial charge in [0.05, 0.1) is 19.7 Å². The number of carbonyl (C=O) groups excluding carboxylic acids is 2. The number of aliphatic imine (C=N–C) groups is 2. The summed E-state index contributed by atoms with van der Waals surface area (Å²) in [5, 5.41) is 6.70. The van der Waals surface area contributed by atoms with Crippen LogP contribution in [0.15, 0.2) is 21.8 Å². The van der Waals surface area contributed by atoms with Gasteiger partial charge in [-0.25, -0.2) is 4.79 Å². The molecular formula is C12H16N4O3S2. The van der Waals surface area contributed by atoms with Crippen molar-refractivity contribution in [3.8, 4) is 0 Å². The van der Waals surface area contributed by atoms with Gasteiger partial charge in [0.15, 0.2) is 10.3 Å². The van der Waals surface area contributed by atoms with Crippen molar-refractivity contribution < 1.29 is 14.3 Å². The Morgan fingerprint density at radius 2 is 1.90 bits per heavy atom. The standard InChI is InChI=1S/C12H16N4O3S2/c1-2-19-10(18)8(7-15-11-13-3-5-20-11)9(17)16-12-14-4-6-21-12/h7H,2-6H2,1H3,(H,13,15)(H,14,16,17)/b8-7-. The molecule has 0 spiro atoms. The SMILES string of the molecule is CCOC(=O)/C(=C\NC1=NCCS1)C(=O)NC1=NCCS1. The van der Waals surface area contributed by atoms with Crippen LogP contribution in [0.3, 0.4) is 0 Å². The van der Waals surface area contributed by atoms with Gasteiger partial charge in [0, 0.05) is 17.7 Å². The summed E-state index contributed by atoms with van der Waals surface area (Å²) < 4.78 is 4.90. The molecule has 2 aliphatic rings. The second-order valence-corrected chi connectivity index (χ2v) is 6.11. The summed E-state index contributed by atoms with van der Waals surface area (Å²) in [6, 6.07) is 0. The third-order valence-corrected chi connectivity index (χ3v) is 4.27. The zero-order valence-corrected chi connectivity index (χ0v) is 13.2. The summed E-state index contributed by atoms with van der Waals surface area (Å²) in [5.74, 6) is 0.525. The summed E-state index contributed by atoms with van der Waals surface area (Å²) in [5.41, 5.74) is -0.0951. The second kappa shape index (κ2) is 8.08. The van der Waals surface area contributed by atoms with E-state index in [0.717, 1.165) is 18.1 Å². The first-order chi connectivity index (χ1) is 10.2. The molecule has 0 fully saturated rings. The Balaban J connectivity index is 2.04. The normalized spacial score (nSPS) is 18.0. The summed E-state index contributed by atoms with van der Waals surface area (Å²) in [6.45, 7) is 3.29. The molecule has 0 saturated heterocycles. The van der Waals surface area contributed by atoms with Gasteiger partial charge in [-0.3, -0.25) is 14.8 Å². The lowest BCUT2D eigenvalue weighted by Crippen LogP contribution is -2.33. The molecule has 0 atom stereocenters. The molecule has 2 rings (SSSR count). The van der Waals surface area contributed by atoms with E-state index >= 15 is 0 Å². The van der Waals surface area contributed by atoms with E-state index in [1.165, 1.54) is 29.7 Å². The molecule has 0 radical (unpaired) electrons. The van der Waals surface area contributed by atoms with Crippen LogP contribution in [0, 0.1) is 0 Å². The van der Waals surface area contributed by atoms with Crippen molar-refractivity contribution in [2.75, 3.05) is 31.2 Å². The van der Waals surface area contributed by atoms with Crippen molar-refractivity contribution in [1.82, 2.24) is 10.6 Å². The van der Waals surface area contributed by atoms with Gasteiger partial charge < -0.3 is 15.4 Å². The largest absolute Gasteiger partial charge is 0.462 e. The Kier molecular flexibility index (Phi) is 6.12. The number of thioether (sulfide) groups is 2. The molecule has 2 heterocycles. The quantitative estimate of drug-likeness (QED) is 0.335. The van der Waals surface area contributed by atoms with Crippen molar-refractivity contribution in [2.24, 2.45) is 9.98 Å². The van der Waals surface area contributed by atoms with Crippen LogP contribution in [-0.2, 0) is 14.3 Å². The smallest absolute Gasteiger partial charge is 0.345 e. The predicted molar refractivity (Wildman–Crippen MR) is 85.5 cm³/mol. The highest BCUT2D eigenvalue weighted by Gasteiger charge is 2.22. The molecule has 0 aliphatic carbocycles. The van der Waals surface area contributed by atoms with E-state index < -0.39 is 11.9 Å². The van der Waals surface area contributed by atoms with Crippen molar-refractivity contribution in [2.45, 2.75) is 6.92 Å². The summed E-state index contributed by atoms with van der Waals surface area (Å²) >= 11 is 2.98. The zero-order chi connectivity index (χ0) is 15.1. The molecule has 2 aliphatic heterocycles. The molecule has 1 amide bonds. The third kappa shape index (κ3) is 4.78. The molecule has 9 heteroatoms. The van der Waals surface area contributed by atoms with Gasteiger partial charge in [-0.1, -0.05) is 23.5 Å². The zero-order valence-electron chi connectivity index (χ0n) is 11.5. The highest BCUT2D eigenvalue weighted by molar-refractivity contribution is 8.14. The van der Waals surface area contributed by atoms with Gasteiger partial charge in [-0.05, 0) is 6.92 Å². The van der Waals surface area contributed by atoms with Crippen molar-refractivity contribution in [1.29, 1.82) is 0 Å². The van der Waals surface area contributed by atoms with Crippen molar-refractivity contribution in [3.63, 3.8) is 0 Å². The number of nitrogens with one attached hydrogen (secondary N) is 2. The van der Waals surface area contributed by atoms with Gasteiger partial charge in [0.1, 0.15) is 5.57 Å².